The Morgan fingerprint density at radius 3 is 2.64 bits per heavy atom. The molecule has 82 valence electrons. The van der Waals surface area contributed by atoms with E-state index in [1.165, 1.54) is 6.42 Å². The Hall–Kier alpha value is -0.610. The molecule has 4 heteroatoms. The smallest absolute Gasteiger partial charge is 0.236 e. The van der Waals surface area contributed by atoms with Crippen molar-refractivity contribution in [3.05, 3.63) is 0 Å². The predicted molar refractivity (Wildman–Crippen MR) is 57.2 cm³/mol. The fourth-order valence-electron chi connectivity index (χ4n) is 1.75. The second-order valence-corrected chi connectivity index (χ2v) is 4.24. The molecule has 0 radical (unpaired) electrons. The number of nitrogens with zero attached hydrogens (tertiary/aromatic N) is 2. The largest absolute Gasteiger partial charge is 0.340 e. The van der Waals surface area contributed by atoms with Crippen LogP contribution in [0.2, 0.25) is 0 Å². The normalized spacial score (nSPS) is 22.4. The molecular weight excluding hydrogens is 178 g/mol. The van der Waals surface area contributed by atoms with E-state index < -0.39 is 0 Å². The Morgan fingerprint density at radius 2 is 2.14 bits per heavy atom. The lowest BCUT2D eigenvalue weighted by molar-refractivity contribution is -0.132. The zero-order chi connectivity index (χ0) is 10.6. The van der Waals surface area contributed by atoms with E-state index in [-0.39, 0.29) is 5.91 Å². The molecule has 1 fully saturated rings. The first-order chi connectivity index (χ1) is 6.61. The molecule has 1 heterocycles. The van der Waals surface area contributed by atoms with Crippen molar-refractivity contribution >= 4 is 5.91 Å². The first-order valence-corrected chi connectivity index (χ1v) is 5.22. The monoisotopic (exact) mass is 199 g/mol. The summed E-state index contributed by atoms with van der Waals surface area (Å²) in [4.78, 5) is 15.5. The number of nitrogens with one attached hydrogen (secondary N) is 1. The van der Waals surface area contributed by atoms with Crippen molar-refractivity contribution in [3.8, 4) is 0 Å². The number of carbonyl (C=O) groups is 1. The number of likely N-dealkylation sites (N-methyl/N-ethyl adjacent to an activating group) is 2. The van der Waals surface area contributed by atoms with Gasteiger partial charge in [0.25, 0.3) is 0 Å². The molecule has 4 nitrogen and oxygen atoms in total. The molecule has 0 saturated carbocycles. The van der Waals surface area contributed by atoms with Crippen LogP contribution in [-0.4, -0.2) is 62.5 Å². The van der Waals surface area contributed by atoms with Crippen LogP contribution in [0.25, 0.3) is 0 Å². The predicted octanol–water partition coefficient (Wildman–Crippen LogP) is -0.242. The fraction of sp³-hybridized carbons (Fsp3) is 0.900. The maximum atomic E-state index is 11.7. The van der Waals surface area contributed by atoms with E-state index in [0.29, 0.717) is 12.6 Å². The van der Waals surface area contributed by atoms with Crippen molar-refractivity contribution in [2.75, 3.05) is 40.8 Å². The lowest BCUT2D eigenvalue weighted by atomic mass is 10.1. The van der Waals surface area contributed by atoms with Gasteiger partial charge >= 0.3 is 0 Å². The van der Waals surface area contributed by atoms with Crippen LogP contribution in [0.4, 0.5) is 0 Å². The topological polar surface area (TPSA) is 35.6 Å². The van der Waals surface area contributed by atoms with Gasteiger partial charge in [-0.25, -0.2) is 0 Å². The zero-order valence-electron chi connectivity index (χ0n) is 9.42. The summed E-state index contributed by atoms with van der Waals surface area (Å²) in [6.45, 7) is 2.54. The van der Waals surface area contributed by atoms with Crippen LogP contribution in [0.5, 0.6) is 0 Å². The quantitative estimate of drug-likeness (QED) is 0.681. The van der Waals surface area contributed by atoms with Gasteiger partial charge in [-0.1, -0.05) is 0 Å². The lowest BCUT2D eigenvalue weighted by Gasteiger charge is -2.32. The van der Waals surface area contributed by atoms with Gasteiger partial charge in [-0.15, -0.1) is 0 Å². The van der Waals surface area contributed by atoms with E-state index in [0.717, 1.165) is 19.5 Å². The van der Waals surface area contributed by atoms with Crippen molar-refractivity contribution < 1.29 is 4.79 Å². The first kappa shape index (κ1) is 11.5. The highest BCUT2D eigenvalue weighted by Gasteiger charge is 2.21. The molecule has 0 aromatic carbocycles. The van der Waals surface area contributed by atoms with Gasteiger partial charge in [0.2, 0.25) is 5.91 Å². The molecule has 0 aromatic heterocycles. The number of hydrogen-bond acceptors (Lipinski definition) is 3. The van der Waals surface area contributed by atoms with E-state index in [9.17, 15) is 4.79 Å². The molecule has 1 saturated heterocycles. The molecule has 0 bridgehead atoms. The minimum atomic E-state index is 0.212. The van der Waals surface area contributed by atoms with Crippen molar-refractivity contribution in [3.63, 3.8) is 0 Å². The van der Waals surface area contributed by atoms with Crippen LogP contribution >= 0.6 is 0 Å². The second kappa shape index (κ2) is 5.32. The molecule has 0 aromatic rings. The van der Waals surface area contributed by atoms with E-state index >= 15 is 0 Å². The maximum absolute atomic E-state index is 11.7. The summed E-state index contributed by atoms with van der Waals surface area (Å²) in [5.74, 6) is 0.212. The summed E-state index contributed by atoms with van der Waals surface area (Å²) >= 11 is 0. The molecule has 1 atom stereocenters. The highest BCUT2D eigenvalue weighted by Crippen LogP contribution is 2.08. The van der Waals surface area contributed by atoms with Gasteiger partial charge in [0, 0.05) is 19.6 Å². The SMILES string of the molecule is CN(C)CC(=O)N(C)C1CCCNC1. The van der Waals surface area contributed by atoms with Crippen LogP contribution in [-0.2, 0) is 4.79 Å². The van der Waals surface area contributed by atoms with Crippen molar-refractivity contribution in [2.45, 2.75) is 18.9 Å². The van der Waals surface area contributed by atoms with Crippen molar-refractivity contribution in [2.24, 2.45) is 0 Å². The molecule has 1 amide bonds. The first-order valence-electron chi connectivity index (χ1n) is 5.22. The summed E-state index contributed by atoms with van der Waals surface area (Å²) in [6, 6.07) is 0.385. The standard InChI is InChI=1S/C10H21N3O/c1-12(2)8-10(14)13(3)9-5-4-6-11-7-9/h9,11H,4-8H2,1-3H3. The number of piperidine rings is 1. The maximum Gasteiger partial charge on any atom is 0.236 e. The Morgan fingerprint density at radius 1 is 1.43 bits per heavy atom. The Kier molecular flexibility index (Phi) is 4.35. The summed E-state index contributed by atoms with van der Waals surface area (Å²) in [5.41, 5.74) is 0. The van der Waals surface area contributed by atoms with Crippen LogP contribution in [0.1, 0.15) is 12.8 Å². The fourth-order valence-corrected chi connectivity index (χ4v) is 1.75. The van der Waals surface area contributed by atoms with Gasteiger partial charge in [-0.05, 0) is 33.5 Å². The molecule has 1 N–H and O–H groups in total. The van der Waals surface area contributed by atoms with Crippen molar-refractivity contribution in [1.82, 2.24) is 15.1 Å². The highest BCUT2D eigenvalue weighted by molar-refractivity contribution is 5.78. The van der Waals surface area contributed by atoms with E-state index in [1.807, 2.05) is 30.9 Å². The summed E-state index contributed by atoms with van der Waals surface area (Å²) in [5, 5.41) is 3.32. The molecule has 0 aliphatic carbocycles. The van der Waals surface area contributed by atoms with Crippen molar-refractivity contribution in [1.29, 1.82) is 0 Å². The minimum absolute atomic E-state index is 0.212. The second-order valence-electron chi connectivity index (χ2n) is 4.24. The molecule has 1 aliphatic heterocycles. The lowest BCUT2D eigenvalue weighted by Crippen LogP contribution is -2.48. The molecular formula is C10H21N3O. The summed E-state index contributed by atoms with van der Waals surface area (Å²) < 4.78 is 0. The van der Waals surface area contributed by atoms with Crippen LogP contribution in [0, 0.1) is 0 Å². The molecule has 1 aliphatic rings. The Labute approximate surface area is 86.2 Å². The van der Waals surface area contributed by atoms with Gasteiger partial charge < -0.3 is 15.1 Å². The number of hydrogen-bond donors (Lipinski definition) is 1. The average molecular weight is 199 g/mol. The van der Waals surface area contributed by atoms with E-state index in [2.05, 4.69) is 5.32 Å². The number of rotatable bonds is 3. The van der Waals surface area contributed by atoms with Crippen LogP contribution < -0.4 is 5.32 Å². The number of amides is 1. The van der Waals surface area contributed by atoms with Gasteiger partial charge in [0.05, 0.1) is 6.54 Å². The molecule has 14 heavy (non-hydrogen) atoms. The van der Waals surface area contributed by atoms with Crippen LogP contribution in [0.15, 0.2) is 0 Å². The third-order valence-corrected chi connectivity index (χ3v) is 2.66. The highest BCUT2D eigenvalue weighted by atomic mass is 16.2. The van der Waals surface area contributed by atoms with Gasteiger partial charge in [0.15, 0.2) is 0 Å². The molecule has 1 rings (SSSR count). The van der Waals surface area contributed by atoms with Gasteiger partial charge in [-0.3, -0.25) is 4.79 Å². The van der Waals surface area contributed by atoms with Gasteiger partial charge in [-0.2, -0.15) is 0 Å². The summed E-state index contributed by atoms with van der Waals surface area (Å²) in [7, 11) is 5.75. The van der Waals surface area contributed by atoms with Gasteiger partial charge in [0.1, 0.15) is 0 Å². The van der Waals surface area contributed by atoms with Crippen LogP contribution in [0.3, 0.4) is 0 Å². The zero-order valence-corrected chi connectivity index (χ0v) is 9.42. The van der Waals surface area contributed by atoms with E-state index in [4.69, 9.17) is 0 Å². The Balaban J connectivity index is 2.38. The minimum Gasteiger partial charge on any atom is -0.340 e. The Bertz CT molecular complexity index is 188. The number of carbonyl (C=O) groups excluding carboxylic acids is 1. The van der Waals surface area contributed by atoms with E-state index in [1.54, 1.807) is 0 Å². The average Bonchev–Trinajstić information content (AvgIpc) is 2.17. The molecule has 0 spiro atoms. The third-order valence-electron chi connectivity index (χ3n) is 2.66. The summed E-state index contributed by atoms with van der Waals surface area (Å²) in [6.07, 6.45) is 2.30. The molecule has 1 unspecified atom stereocenters. The third kappa shape index (κ3) is 3.27.